The molecule has 1 aliphatic carbocycles. The van der Waals surface area contributed by atoms with Gasteiger partial charge in [-0.2, -0.15) is 0 Å². The highest BCUT2D eigenvalue weighted by molar-refractivity contribution is 6.18. The van der Waals surface area contributed by atoms with Gasteiger partial charge >= 0.3 is 0 Å². The maximum absolute atomic E-state index is 6.68. The number of rotatable bonds is 6. The van der Waals surface area contributed by atoms with Gasteiger partial charge in [-0.3, -0.25) is 0 Å². The zero-order valence-corrected chi connectivity index (χ0v) is 31.9. The number of nitrogens with zero attached hydrogens (tertiary/aromatic N) is 1. The lowest BCUT2D eigenvalue weighted by Gasteiger charge is -2.28. The van der Waals surface area contributed by atoms with E-state index in [1.165, 1.54) is 44.2 Å². The largest absolute Gasteiger partial charge is 0.455 e. The van der Waals surface area contributed by atoms with Crippen LogP contribution in [0.4, 0.5) is 17.1 Å². The molecule has 0 atom stereocenters. The first kappa shape index (κ1) is 33.2. The molecule has 1 aliphatic rings. The second kappa shape index (κ2) is 13.0. The first-order valence-corrected chi connectivity index (χ1v) is 19.8. The van der Waals surface area contributed by atoms with E-state index < -0.39 is 0 Å². The average Bonchev–Trinajstić information content (AvgIpc) is 3.74. The zero-order valence-electron chi connectivity index (χ0n) is 31.9. The third-order valence-electron chi connectivity index (χ3n) is 12.1. The first-order valence-electron chi connectivity index (χ1n) is 19.8. The van der Waals surface area contributed by atoms with Crippen LogP contribution < -0.4 is 4.90 Å². The maximum Gasteiger partial charge on any atom is 0.143 e. The quantitative estimate of drug-likeness (QED) is 0.169. The van der Waals surface area contributed by atoms with Gasteiger partial charge in [0.2, 0.25) is 0 Å². The van der Waals surface area contributed by atoms with E-state index in [0.717, 1.165) is 61.3 Å². The van der Waals surface area contributed by atoms with Crippen LogP contribution in [0, 0.1) is 0 Å². The van der Waals surface area contributed by atoms with Gasteiger partial charge in [-0.25, -0.2) is 0 Å². The molecule has 0 N–H and O–H groups in total. The summed E-state index contributed by atoms with van der Waals surface area (Å²) in [5.41, 5.74) is 17.5. The van der Waals surface area contributed by atoms with Gasteiger partial charge in [0.15, 0.2) is 0 Å². The van der Waals surface area contributed by atoms with Crippen molar-refractivity contribution in [2.24, 2.45) is 0 Å². The molecule has 0 saturated carbocycles. The van der Waals surface area contributed by atoms with Crippen molar-refractivity contribution in [2.45, 2.75) is 19.3 Å². The third kappa shape index (κ3) is 5.40. The van der Waals surface area contributed by atoms with Crippen LogP contribution in [0.3, 0.4) is 0 Å². The Balaban J connectivity index is 1.01. The van der Waals surface area contributed by atoms with E-state index in [1.807, 2.05) is 0 Å². The molecule has 1 heterocycles. The minimum atomic E-state index is -0.0985. The van der Waals surface area contributed by atoms with Crippen molar-refractivity contribution < 1.29 is 4.42 Å². The van der Waals surface area contributed by atoms with Gasteiger partial charge in [0.05, 0.1) is 0 Å². The minimum Gasteiger partial charge on any atom is -0.455 e. The van der Waals surface area contributed by atoms with Crippen LogP contribution in [0.25, 0.3) is 77.2 Å². The van der Waals surface area contributed by atoms with E-state index in [9.17, 15) is 0 Å². The minimum absolute atomic E-state index is 0.0985. The molecule has 0 unspecified atom stereocenters. The fourth-order valence-electron chi connectivity index (χ4n) is 9.16. The van der Waals surface area contributed by atoms with Gasteiger partial charge in [0.25, 0.3) is 0 Å². The standard InChI is InChI=1S/C55H39NO/c1-55(2)50-20-12-11-19-46(50)47-31-30-44(35-51(47)55)56(42-26-21-37(22-27-42)36-13-5-3-6-14-36)43-28-23-38(24-29-43)40-25-32-52-48(33-40)49-34-41-17-9-10-18-45(41)53(54(49)57-52)39-15-7-4-8-16-39/h3-35H,1-2H3. The van der Waals surface area contributed by atoms with Crippen LogP contribution in [-0.4, -0.2) is 0 Å². The molecule has 0 fully saturated rings. The highest BCUT2D eigenvalue weighted by Gasteiger charge is 2.35. The van der Waals surface area contributed by atoms with E-state index in [2.05, 4.69) is 219 Å². The molecule has 9 aromatic carbocycles. The normalized spacial score (nSPS) is 12.9. The van der Waals surface area contributed by atoms with Crippen molar-refractivity contribution in [2.75, 3.05) is 4.90 Å². The third-order valence-corrected chi connectivity index (χ3v) is 12.1. The smallest absolute Gasteiger partial charge is 0.143 e. The second-order valence-corrected chi connectivity index (χ2v) is 15.7. The number of hydrogen-bond acceptors (Lipinski definition) is 2. The Bertz CT molecular complexity index is 3120. The van der Waals surface area contributed by atoms with Gasteiger partial charge in [-0.1, -0.05) is 159 Å². The van der Waals surface area contributed by atoms with Gasteiger partial charge in [0.1, 0.15) is 11.2 Å². The number of anilines is 3. The number of fused-ring (bicyclic) bond motifs is 7. The number of furan rings is 1. The molecular formula is C55H39NO. The van der Waals surface area contributed by atoms with Crippen molar-refractivity contribution in [1.82, 2.24) is 0 Å². The van der Waals surface area contributed by atoms with Gasteiger partial charge in [-0.15, -0.1) is 0 Å². The summed E-state index contributed by atoms with van der Waals surface area (Å²) in [6, 6.07) is 72.5. The van der Waals surface area contributed by atoms with Crippen LogP contribution in [0.2, 0.25) is 0 Å². The molecule has 0 bridgehead atoms. The Kier molecular flexibility index (Phi) is 7.55. The second-order valence-electron chi connectivity index (χ2n) is 15.7. The topological polar surface area (TPSA) is 16.4 Å². The van der Waals surface area contributed by atoms with Crippen molar-refractivity contribution in [3.8, 4) is 44.5 Å². The Labute approximate surface area is 332 Å². The molecule has 0 spiro atoms. The Hall–Kier alpha value is -7.16. The fraction of sp³-hybridized carbons (Fsp3) is 0.0545. The molecule has 0 saturated heterocycles. The molecule has 57 heavy (non-hydrogen) atoms. The summed E-state index contributed by atoms with van der Waals surface area (Å²) in [5, 5.41) is 4.66. The summed E-state index contributed by atoms with van der Waals surface area (Å²) in [4.78, 5) is 2.39. The number of benzene rings is 9. The van der Waals surface area contributed by atoms with E-state index in [0.29, 0.717) is 0 Å². The van der Waals surface area contributed by atoms with Crippen molar-refractivity contribution in [1.29, 1.82) is 0 Å². The van der Waals surface area contributed by atoms with Crippen LogP contribution in [0.1, 0.15) is 25.0 Å². The van der Waals surface area contributed by atoms with Gasteiger partial charge in [0, 0.05) is 38.8 Å². The van der Waals surface area contributed by atoms with Crippen molar-refractivity contribution in [3.05, 3.63) is 211 Å². The van der Waals surface area contributed by atoms with Gasteiger partial charge < -0.3 is 9.32 Å². The molecule has 11 rings (SSSR count). The highest BCUT2D eigenvalue weighted by Crippen LogP contribution is 2.51. The Morgan fingerprint density at radius 3 is 1.68 bits per heavy atom. The summed E-state index contributed by atoms with van der Waals surface area (Å²) < 4.78 is 6.68. The van der Waals surface area contributed by atoms with Crippen molar-refractivity contribution in [3.63, 3.8) is 0 Å². The summed E-state index contributed by atoms with van der Waals surface area (Å²) in [6.07, 6.45) is 0. The summed E-state index contributed by atoms with van der Waals surface area (Å²) in [6.45, 7) is 4.69. The average molecular weight is 730 g/mol. The SMILES string of the molecule is CC1(C)c2ccccc2-c2ccc(N(c3ccc(-c4ccccc4)cc3)c3ccc(-c4ccc5oc6c(-c7ccccc7)c7ccccc7cc6c5c4)cc3)cc21. The molecule has 0 amide bonds. The Morgan fingerprint density at radius 1 is 0.386 bits per heavy atom. The van der Waals surface area contributed by atoms with E-state index in [-0.39, 0.29) is 5.41 Å². The molecule has 10 aromatic rings. The molecule has 270 valence electrons. The van der Waals surface area contributed by atoms with Crippen molar-refractivity contribution >= 4 is 49.8 Å². The highest BCUT2D eigenvalue weighted by atomic mass is 16.3. The molecule has 0 aliphatic heterocycles. The van der Waals surface area contributed by atoms with Crippen LogP contribution >= 0.6 is 0 Å². The monoisotopic (exact) mass is 729 g/mol. The fourth-order valence-corrected chi connectivity index (χ4v) is 9.16. The summed E-state index contributed by atoms with van der Waals surface area (Å²) in [5.74, 6) is 0. The van der Waals surface area contributed by atoms with Gasteiger partial charge in [-0.05, 0) is 115 Å². The van der Waals surface area contributed by atoms with E-state index in [4.69, 9.17) is 4.42 Å². The summed E-state index contributed by atoms with van der Waals surface area (Å²) in [7, 11) is 0. The molecule has 0 radical (unpaired) electrons. The predicted octanol–water partition coefficient (Wildman–Crippen LogP) is 15.5. The lowest BCUT2D eigenvalue weighted by atomic mass is 9.82. The first-order chi connectivity index (χ1) is 28.0. The summed E-state index contributed by atoms with van der Waals surface area (Å²) >= 11 is 0. The number of hydrogen-bond donors (Lipinski definition) is 0. The van der Waals surface area contributed by atoms with Crippen LogP contribution in [-0.2, 0) is 5.41 Å². The zero-order chi connectivity index (χ0) is 38.1. The van der Waals surface area contributed by atoms with Crippen LogP contribution in [0.5, 0.6) is 0 Å². The molecule has 1 aromatic heterocycles. The van der Waals surface area contributed by atoms with Crippen LogP contribution in [0.15, 0.2) is 205 Å². The van der Waals surface area contributed by atoms with E-state index in [1.54, 1.807) is 0 Å². The maximum atomic E-state index is 6.68. The lowest BCUT2D eigenvalue weighted by molar-refractivity contribution is 0.660. The predicted molar refractivity (Wildman–Crippen MR) is 240 cm³/mol. The Morgan fingerprint density at radius 2 is 0.947 bits per heavy atom. The molecule has 2 nitrogen and oxygen atoms in total. The van der Waals surface area contributed by atoms with E-state index >= 15 is 0 Å². The molecule has 2 heteroatoms. The molecular weight excluding hydrogens is 691 g/mol. The lowest BCUT2D eigenvalue weighted by Crippen LogP contribution is -2.16.